The van der Waals surface area contributed by atoms with Gasteiger partial charge in [-0.25, -0.2) is 4.39 Å². The molecule has 0 saturated carbocycles. The molecule has 3 nitrogen and oxygen atoms in total. The predicted octanol–water partition coefficient (Wildman–Crippen LogP) is 3.51. The highest BCUT2D eigenvalue weighted by Crippen LogP contribution is 2.25. The number of rotatable bonds is 2. The first-order valence-electron chi connectivity index (χ1n) is 5.70. The number of carbonyl (C=O) groups is 1. The fourth-order valence-electron chi connectivity index (χ4n) is 1.80. The smallest absolute Gasteiger partial charge is 0.406 e. The van der Waals surface area contributed by atoms with Gasteiger partial charge in [0, 0.05) is 12.4 Å². The maximum atomic E-state index is 13.7. The Morgan fingerprint density at radius 2 is 2.00 bits per heavy atom. The topological polar surface area (TPSA) is 33.5 Å². The maximum Gasteiger partial charge on any atom is 0.406 e. The van der Waals surface area contributed by atoms with Gasteiger partial charge in [0.15, 0.2) is 17.2 Å². The minimum atomic E-state index is -4.50. The van der Waals surface area contributed by atoms with E-state index in [0.29, 0.717) is 15.8 Å². The maximum absolute atomic E-state index is 13.7. The number of amides is 1. The Kier molecular flexibility index (Phi) is 3.45. The van der Waals surface area contributed by atoms with E-state index in [4.69, 9.17) is 4.42 Å². The van der Waals surface area contributed by atoms with Crippen LogP contribution in [0.3, 0.4) is 0 Å². The normalized spacial score (nSPS) is 11.9. The van der Waals surface area contributed by atoms with Gasteiger partial charge in [-0.05, 0) is 18.6 Å². The van der Waals surface area contributed by atoms with Gasteiger partial charge >= 0.3 is 6.18 Å². The number of alkyl halides is 3. The highest BCUT2D eigenvalue weighted by Gasteiger charge is 2.32. The molecule has 0 atom stereocenters. The second-order valence-corrected chi connectivity index (χ2v) is 4.50. The average molecular weight is 289 g/mol. The minimum Gasteiger partial charge on any atom is -0.448 e. The largest absolute Gasteiger partial charge is 0.448 e. The lowest BCUT2D eigenvalue weighted by Gasteiger charge is -2.17. The summed E-state index contributed by atoms with van der Waals surface area (Å²) in [5, 5.41) is 0.330. The molecular formula is C13H11F4NO2. The number of fused-ring (bicyclic) bond motifs is 1. The van der Waals surface area contributed by atoms with Crippen molar-refractivity contribution in [2.45, 2.75) is 13.1 Å². The van der Waals surface area contributed by atoms with E-state index in [1.807, 2.05) is 0 Å². The quantitative estimate of drug-likeness (QED) is 0.793. The third-order valence-corrected chi connectivity index (χ3v) is 2.79. The molecule has 1 aromatic heterocycles. The predicted molar refractivity (Wildman–Crippen MR) is 63.9 cm³/mol. The standard InChI is InChI=1S/C13H11F4NO2/c1-7-3-4-8-5-9(20-11(8)10(7)14)12(19)18(2)6-13(15,16)17/h3-5H,6H2,1-2H3. The fourth-order valence-corrected chi connectivity index (χ4v) is 1.80. The van der Waals surface area contributed by atoms with Gasteiger partial charge in [-0.3, -0.25) is 4.79 Å². The lowest BCUT2D eigenvalue weighted by Crippen LogP contribution is -2.35. The van der Waals surface area contributed by atoms with Gasteiger partial charge in [-0.15, -0.1) is 0 Å². The summed E-state index contributed by atoms with van der Waals surface area (Å²) in [7, 11) is 1.00. The number of carbonyl (C=O) groups excluding carboxylic acids is 1. The molecule has 0 aliphatic carbocycles. The molecule has 1 amide bonds. The summed E-state index contributed by atoms with van der Waals surface area (Å²) < 4.78 is 55.4. The van der Waals surface area contributed by atoms with Crippen molar-refractivity contribution >= 4 is 16.9 Å². The molecule has 0 aliphatic rings. The van der Waals surface area contributed by atoms with E-state index in [-0.39, 0.29) is 11.3 Å². The first-order chi connectivity index (χ1) is 9.19. The van der Waals surface area contributed by atoms with Gasteiger partial charge in [-0.1, -0.05) is 12.1 Å². The van der Waals surface area contributed by atoms with Gasteiger partial charge in [0.05, 0.1) is 0 Å². The number of hydrogen-bond donors (Lipinski definition) is 0. The van der Waals surface area contributed by atoms with Crippen LogP contribution in [0.4, 0.5) is 17.6 Å². The summed E-state index contributed by atoms with van der Waals surface area (Å²) in [5.41, 5.74) is 0.197. The molecule has 7 heteroatoms. The van der Waals surface area contributed by atoms with Crippen LogP contribution in [0.15, 0.2) is 22.6 Å². The van der Waals surface area contributed by atoms with E-state index in [1.165, 1.54) is 25.1 Å². The average Bonchev–Trinajstić information content (AvgIpc) is 2.75. The highest BCUT2D eigenvalue weighted by molar-refractivity contribution is 5.96. The Labute approximate surface area is 111 Å². The number of nitrogens with zero attached hydrogens (tertiary/aromatic N) is 1. The Morgan fingerprint density at radius 3 is 2.60 bits per heavy atom. The van der Waals surface area contributed by atoms with E-state index < -0.39 is 24.4 Å². The molecule has 20 heavy (non-hydrogen) atoms. The Morgan fingerprint density at radius 1 is 1.35 bits per heavy atom. The number of hydrogen-bond acceptors (Lipinski definition) is 2. The third-order valence-electron chi connectivity index (χ3n) is 2.79. The van der Waals surface area contributed by atoms with Crippen LogP contribution in [0.2, 0.25) is 0 Å². The number of furan rings is 1. The molecule has 2 aromatic rings. The molecule has 1 heterocycles. The zero-order chi connectivity index (χ0) is 15.1. The molecule has 2 rings (SSSR count). The number of benzene rings is 1. The summed E-state index contributed by atoms with van der Waals surface area (Å²) in [4.78, 5) is 12.3. The summed E-state index contributed by atoms with van der Waals surface area (Å²) in [6.07, 6.45) is -4.50. The monoisotopic (exact) mass is 289 g/mol. The molecule has 0 radical (unpaired) electrons. The van der Waals surface area contributed by atoms with Gasteiger partial charge in [0.2, 0.25) is 0 Å². The van der Waals surface area contributed by atoms with Crippen molar-refractivity contribution in [3.63, 3.8) is 0 Å². The molecule has 108 valence electrons. The van der Waals surface area contributed by atoms with Crippen LogP contribution in [-0.2, 0) is 0 Å². The van der Waals surface area contributed by atoms with Crippen molar-refractivity contribution < 1.29 is 26.8 Å². The van der Waals surface area contributed by atoms with E-state index in [2.05, 4.69) is 0 Å². The lowest BCUT2D eigenvalue weighted by atomic mass is 10.2. The molecule has 0 N–H and O–H groups in total. The van der Waals surface area contributed by atoms with Crippen molar-refractivity contribution in [3.8, 4) is 0 Å². The summed E-state index contributed by atoms with van der Waals surface area (Å²) in [5.74, 6) is -1.90. The molecule has 0 saturated heterocycles. The second kappa shape index (κ2) is 4.81. The van der Waals surface area contributed by atoms with Crippen molar-refractivity contribution in [1.29, 1.82) is 0 Å². The van der Waals surface area contributed by atoms with Crippen molar-refractivity contribution in [2.75, 3.05) is 13.6 Å². The molecular weight excluding hydrogens is 278 g/mol. The Balaban J connectivity index is 2.34. The fraction of sp³-hybridized carbons (Fsp3) is 0.308. The van der Waals surface area contributed by atoms with Crippen LogP contribution in [-0.4, -0.2) is 30.6 Å². The van der Waals surface area contributed by atoms with Gasteiger partial charge < -0.3 is 9.32 Å². The summed E-state index contributed by atoms with van der Waals surface area (Å²) >= 11 is 0. The molecule has 0 aliphatic heterocycles. The van der Waals surface area contributed by atoms with Gasteiger partial charge in [-0.2, -0.15) is 13.2 Å². The lowest BCUT2D eigenvalue weighted by molar-refractivity contribution is -0.138. The number of aryl methyl sites for hydroxylation is 1. The molecule has 0 bridgehead atoms. The second-order valence-electron chi connectivity index (χ2n) is 4.50. The number of halogens is 4. The van der Waals surface area contributed by atoms with Crippen molar-refractivity contribution in [1.82, 2.24) is 4.90 Å². The van der Waals surface area contributed by atoms with E-state index in [1.54, 1.807) is 0 Å². The van der Waals surface area contributed by atoms with Gasteiger partial charge in [0.1, 0.15) is 6.54 Å². The molecule has 0 fully saturated rings. The zero-order valence-electron chi connectivity index (χ0n) is 10.7. The van der Waals surface area contributed by atoms with Crippen LogP contribution < -0.4 is 0 Å². The summed E-state index contributed by atoms with van der Waals surface area (Å²) in [6, 6.07) is 4.27. The first kappa shape index (κ1) is 14.4. The highest BCUT2D eigenvalue weighted by atomic mass is 19.4. The van der Waals surface area contributed by atoms with E-state index in [0.717, 1.165) is 7.05 Å². The van der Waals surface area contributed by atoms with Crippen LogP contribution in [0.25, 0.3) is 11.0 Å². The molecule has 1 aromatic carbocycles. The SMILES string of the molecule is Cc1ccc2cc(C(=O)N(C)CC(F)(F)F)oc2c1F. The Hall–Kier alpha value is -2.05. The zero-order valence-corrected chi connectivity index (χ0v) is 10.7. The van der Waals surface area contributed by atoms with E-state index >= 15 is 0 Å². The van der Waals surface area contributed by atoms with Crippen LogP contribution in [0, 0.1) is 12.7 Å². The van der Waals surface area contributed by atoms with E-state index in [9.17, 15) is 22.4 Å². The van der Waals surface area contributed by atoms with Crippen molar-refractivity contribution in [2.24, 2.45) is 0 Å². The Bertz CT molecular complexity index is 660. The third kappa shape index (κ3) is 2.76. The van der Waals surface area contributed by atoms with Gasteiger partial charge in [0.25, 0.3) is 5.91 Å². The molecule has 0 unspecified atom stereocenters. The minimum absolute atomic E-state index is 0.131. The van der Waals surface area contributed by atoms with Crippen LogP contribution in [0.5, 0.6) is 0 Å². The van der Waals surface area contributed by atoms with Crippen molar-refractivity contribution in [3.05, 3.63) is 35.3 Å². The summed E-state index contributed by atoms with van der Waals surface area (Å²) in [6.45, 7) is 0.124. The first-order valence-corrected chi connectivity index (χ1v) is 5.70. The van der Waals surface area contributed by atoms with Crippen LogP contribution >= 0.6 is 0 Å². The molecule has 0 spiro atoms. The van der Waals surface area contributed by atoms with Crippen LogP contribution in [0.1, 0.15) is 16.1 Å².